The van der Waals surface area contributed by atoms with Crippen molar-refractivity contribution in [3.05, 3.63) is 47.0 Å². The number of rotatable bonds is 5. The van der Waals surface area contributed by atoms with Gasteiger partial charge in [0.05, 0.1) is 0 Å². The minimum absolute atomic E-state index is 0.169. The summed E-state index contributed by atoms with van der Waals surface area (Å²) in [7, 11) is 0. The topological polar surface area (TPSA) is 43.8 Å². The van der Waals surface area contributed by atoms with E-state index in [0.717, 1.165) is 41.4 Å². The van der Waals surface area contributed by atoms with Crippen LogP contribution in [-0.2, 0) is 12.8 Å². The van der Waals surface area contributed by atoms with Gasteiger partial charge in [-0.05, 0) is 30.5 Å². The Kier molecular flexibility index (Phi) is 4.61. The van der Waals surface area contributed by atoms with E-state index < -0.39 is 0 Å². The van der Waals surface area contributed by atoms with Crippen molar-refractivity contribution in [3.8, 4) is 5.69 Å². The molecule has 4 heteroatoms. The van der Waals surface area contributed by atoms with Crippen molar-refractivity contribution in [1.29, 1.82) is 0 Å². The summed E-state index contributed by atoms with van der Waals surface area (Å²) >= 11 is 6.35. The smallest absolute Gasteiger partial charge is 0.112 e. The second kappa shape index (κ2) is 6.22. The van der Waals surface area contributed by atoms with Crippen LogP contribution in [0.2, 0.25) is 5.02 Å². The molecule has 2 N–H and O–H groups in total. The van der Waals surface area contributed by atoms with Gasteiger partial charge in [0.1, 0.15) is 5.82 Å². The number of nitrogens with zero attached hydrogens (tertiary/aromatic N) is 2. The van der Waals surface area contributed by atoms with Gasteiger partial charge >= 0.3 is 0 Å². The Balaban J connectivity index is 2.28. The van der Waals surface area contributed by atoms with Gasteiger partial charge < -0.3 is 10.3 Å². The van der Waals surface area contributed by atoms with E-state index in [4.69, 9.17) is 17.3 Å². The Labute approximate surface area is 119 Å². The van der Waals surface area contributed by atoms with E-state index in [-0.39, 0.29) is 6.04 Å². The highest BCUT2D eigenvalue weighted by Crippen LogP contribution is 2.22. The van der Waals surface area contributed by atoms with Crippen LogP contribution in [0.5, 0.6) is 0 Å². The molecular formula is C15H20ClN3. The molecule has 1 aromatic carbocycles. The lowest BCUT2D eigenvalue weighted by Crippen LogP contribution is -2.21. The predicted octanol–water partition coefficient (Wildman–Crippen LogP) is 3.37. The first kappa shape index (κ1) is 14.1. The van der Waals surface area contributed by atoms with Crippen LogP contribution < -0.4 is 5.73 Å². The number of aromatic nitrogens is 2. The van der Waals surface area contributed by atoms with Crippen molar-refractivity contribution in [3.63, 3.8) is 0 Å². The highest BCUT2D eigenvalue weighted by atomic mass is 35.5. The van der Waals surface area contributed by atoms with Gasteiger partial charge in [-0.2, -0.15) is 0 Å². The van der Waals surface area contributed by atoms with E-state index >= 15 is 0 Å². The zero-order valence-corrected chi connectivity index (χ0v) is 12.2. The summed E-state index contributed by atoms with van der Waals surface area (Å²) < 4.78 is 2.06. The van der Waals surface area contributed by atoms with Crippen LogP contribution in [-0.4, -0.2) is 15.6 Å². The summed E-state index contributed by atoms with van der Waals surface area (Å²) in [6, 6.07) is 6.29. The molecule has 0 saturated carbocycles. The van der Waals surface area contributed by atoms with Crippen LogP contribution in [0.3, 0.4) is 0 Å². The summed E-state index contributed by atoms with van der Waals surface area (Å²) in [4.78, 5) is 4.32. The van der Waals surface area contributed by atoms with E-state index in [1.54, 1.807) is 0 Å². The molecule has 1 unspecified atom stereocenters. The van der Waals surface area contributed by atoms with Gasteiger partial charge in [-0.3, -0.25) is 0 Å². The number of aryl methyl sites for hydroxylation is 1. The molecule has 2 rings (SSSR count). The first-order valence-electron chi connectivity index (χ1n) is 6.72. The van der Waals surface area contributed by atoms with Gasteiger partial charge in [-0.25, -0.2) is 4.98 Å². The Morgan fingerprint density at radius 2 is 2.16 bits per heavy atom. The van der Waals surface area contributed by atoms with Crippen LogP contribution in [0.1, 0.15) is 31.7 Å². The van der Waals surface area contributed by atoms with Gasteiger partial charge in [0.15, 0.2) is 0 Å². The third kappa shape index (κ3) is 3.17. The fourth-order valence-electron chi connectivity index (χ4n) is 2.11. The average Bonchev–Trinajstić information content (AvgIpc) is 2.89. The number of benzene rings is 1. The first-order valence-corrected chi connectivity index (χ1v) is 7.10. The van der Waals surface area contributed by atoms with Gasteiger partial charge in [-0.1, -0.05) is 31.5 Å². The minimum Gasteiger partial charge on any atom is -0.327 e. The van der Waals surface area contributed by atoms with E-state index in [0.29, 0.717) is 0 Å². The monoisotopic (exact) mass is 277 g/mol. The van der Waals surface area contributed by atoms with Crippen LogP contribution in [0.25, 0.3) is 5.69 Å². The molecule has 102 valence electrons. The van der Waals surface area contributed by atoms with Crippen molar-refractivity contribution in [1.82, 2.24) is 9.55 Å². The van der Waals surface area contributed by atoms with E-state index in [1.807, 2.05) is 18.5 Å². The molecule has 0 saturated heterocycles. The van der Waals surface area contributed by atoms with Crippen LogP contribution in [0.15, 0.2) is 30.6 Å². The number of nitrogens with two attached hydrogens (primary N) is 1. The van der Waals surface area contributed by atoms with Gasteiger partial charge in [-0.15, -0.1) is 0 Å². The number of hydrogen-bond donors (Lipinski definition) is 1. The summed E-state index contributed by atoms with van der Waals surface area (Å²) in [6.45, 7) is 4.18. The predicted molar refractivity (Wildman–Crippen MR) is 79.9 cm³/mol. The van der Waals surface area contributed by atoms with Gasteiger partial charge in [0, 0.05) is 35.6 Å². The molecule has 1 atom stereocenters. The molecule has 0 aliphatic carbocycles. The second-order valence-corrected chi connectivity index (χ2v) is 5.12. The summed E-state index contributed by atoms with van der Waals surface area (Å²) in [5.41, 5.74) is 8.14. The third-order valence-corrected chi connectivity index (χ3v) is 3.71. The van der Waals surface area contributed by atoms with E-state index in [2.05, 4.69) is 35.5 Å². The lowest BCUT2D eigenvalue weighted by molar-refractivity contribution is 0.646. The standard InChI is InChI=1S/C15H20ClN3/c1-3-12(17)9-11-5-6-13(10-14(11)16)19-8-7-18-15(19)4-2/h5-8,10,12H,3-4,9,17H2,1-2H3. The zero-order valence-electron chi connectivity index (χ0n) is 11.4. The minimum atomic E-state index is 0.169. The molecule has 0 bridgehead atoms. The molecule has 0 fully saturated rings. The summed E-state index contributed by atoms with van der Waals surface area (Å²) in [5.74, 6) is 1.04. The van der Waals surface area contributed by atoms with Crippen molar-refractivity contribution >= 4 is 11.6 Å². The maximum atomic E-state index is 6.35. The Morgan fingerprint density at radius 3 is 2.79 bits per heavy atom. The lowest BCUT2D eigenvalue weighted by Gasteiger charge is -2.12. The van der Waals surface area contributed by atoms with Crippen LogP contribution in [0, 0.1) is 0 Å². The normalized spacial score (nSPS) is 12.6. The van der Waals surface area contributed by atoms with Crippen molar-refractivity contribution in [2.75, 3.05) is 0 Å². The zero-order chi connectivity index (χ0) is 13.8. The quantitative estimate of drug-likeness (QED) is 0.911. The highest BCUT2D eigenvalue weighted by Gasteiger charge is 2.08. The second-order valence-electron chi connectivity index (χ2n) is 4.72. The van der Waals surface area contributed by atoms with Gasteiger partial charge in [0.25, 0.3) is 0 Å². The molecule has 0 aliphatic heterocycles. The van der Waals surface area contributed by atoms with Crippen LogP contribution >= 0.6 is 11.6 Å². The molecule has 2 aromatic rings. The molecule has 0 aliphatic rings. The molecule has 3 nitrogen and oxygen atoms in total. The SMILES string of the molecule is CCc1nccn1-c1ccc(CC(N)CC)c(Cl)c1. The molecule has 0 spiro atoms. The maximum Gasteiger partial charge on any atom is 0.112 e. The Bertz CT molecular complexity index is 548. The summed E-state index contributed by atoms with van der Waals surface area (Å²) in [5, 5.41) is 0.775. The lowest BCUT2D eigenvalue weighted by atomic mass is 10.0. The highest BCUT2D eigenvalue weighted by molar-refractivity contribution is 6.31. The molecule has 1 heterocycles. The Hall–Kier alpha value is -1.32. The molecule has 1 aromatic heterocycles. The maximum absolute atomic E-state index is 6.35. The number of imidazole rings is 1. The number of halogens is 1. The van der Waals surface area contributed by atoms with Crippen molar-refractivity contribution in [2.45, 2.75) is 39.2 Å². The van der Waals surface area contributed by atoms with Crippen LogP contribution in [0.4, 0.5) is 0 Å². The fraction of sp³-hybridized carbons (Fsp3) is 0.400. The summed E-state index contributed by atoms with van der Waals surface area (Å²) in [6.07, 6.45) is 6.45. The van der Waals surface area contributed by atoms with Crippen molar-refractivity contribution in [2.24, 2.45) is 5.73 Å². The molecule has 19 heavy (non-hydrogen) atoms. The Morgan fingerprint density at radius 1 is 1.37 bits per heavy atom. The van der Waals surface area contributed by atoms with E-state index in [9.17, 15) is 0 Å². The van der Waals surface area contributed by atoms with Gasteiger partial charge in [0.2, 0.25) is 0 Å². The first-order chi connectivity index (χ1) is 9.15. The number of hydrogen-bond acceptors (Lipinski definition) is 2. The molecule has 0 radical (unpaired) electrons. The van der Waals surface area contributed by atoms with Crippen molar-refractivity contribution < 1.29 is 0 Å². The largest absolute Gasteiger partial charge is 0.327 e. The van der Waals surface area contributed by atoms with E-state index in [1.165, 1.54) is 0 Å². The third-order valence-electron chi connectivity index (χ3n) is 3.35. The molecular weight excluding hydrogens is 258 g/mol. The average molecular weight is 278 g/mol. The fourth-order valence-corrected chi connectivity index (χ4v) is 2.36. The molecule has 0 amide bonds.